The van der Waals surface area contributed by atoms with Gasteiger partial charge in [-0.25, -0.2) is 4.98 Å². The molecule has 1 amide bonds. The van der Waals surface area contributed by atoms with Crippen LogP contribution in [-0.4, -0.2) is 23.5 Å². The molecule has 1 aromatic carbocycles. The molecule has 0 aliphatic carbocycles. The van der Waals surface area contributed by atoms with E-state index in [0.29, 0.717) is 23.4 Å². The number of hydrogen-bond donors (Lipinski definition) is 1. The molecule has 6 nitrogen and oxygen atoms in total. The molecule has 3 rings (SSSR count). The molecule has 0 fully saturated rings. The number of fused-ring (bicyclic) bond motifs is 1. The number of ether oxygens (including phenoxy) is 1. The van der Waals surface area contributed by atoms with Gasteiger partial charge in [-0.3, -0.25) is 9.59 Å². The van der Waals surface area contributed by atoms with Gasteiger partial charge in [0.05, 0.1) is 31.4 Å². The van der Waals surface area contributed by atoms with Crippen molar-refractivity contribution in [2.75, 3.05) is 11.9 Å². The standard InChI is InChI=1S/C21H24N2O4S/c1-5-26-20(25)8-15-11-28-21(22-15)23-19(24)7-14-10-27-18-6-13(4)16(12(2)3)9-17(14)18/h6,9-12H,5,7-8H2,1-4H3,(H,22,23,24). The molecule has 3 aromatic rings. The lowest BCUT2D eigenvalue weighted by molar-refractivity contribution is -0.142. The summed E-state index contributed by atoms with van der Waals surface area (Å²) in [6, 6.07) is 4.14. The van der Waals surface area contributed by atoms with Crippen molar-refractivity contribution in [3.05, 3.63) is 46.2 Å². The van der Waals surface area contributed by atoms with Crippen molar-refractivity contribution in [1.29, 1.82) is 0 Å². The van der Waals surface area contributed by atoms with Crippen molar-refractivity contribution < 1.29 is 18.7 Å². The van der Waals surface area contributed by atoms with Crippen LogP contribution in [0.25, 0.3) is 11.0 Å². The van der Waals surface area contributed by atoms with Crippen molar-refractivity contribution >= 4 is 39.3 Å². The maximum atomic E-state index is 12.5. The summed E-state index contributed by atoms with van der Waals surface area (Å²) in [5.74, 6) is -0.104. The second-order valence-electron chi connectivity index (χ2n) is 6.97. The molecule has 0 unspecified atom stereocenters. The highest BCUT2D eigenvalue weighted by Gasteiger charge is 2.15. The number of aryl methyl sites for hydroxylation is 1. The number of benzene rings is 1. The highest BCUT2D eigenvalue weighted by Crippen LogP contribution is 2.29. The van der Waals surface area contributed by atoms with E-state index < -0.39 is 0 Å². The molecular formula is C21H24N2O4S. The van der Waals surface area contributed by atoms with Gasteiger partial charge in [-0.05, 0) is 43.0 Å². The van der Waals surface area contributed by atoms with Crippen LogP contribution in [0.15, 0.2) is 28.2 Å². The third-order valence-corrected chi connectivity index (χ3v) is 5.25. The number of carbonyl (C=O) groups excluding carboxylic acids is 2. The van der Waals surface area contributed by atoms with Crippen LogP contribution in [0.5, 0.6) is 0 Å². The monoisotopic (exact) mass is 400 g/mol. The Kier molecular flexibility index (Phi) is 6.14. The molecule has 1 N–H and O–H groups in total. The number of aromatic nitrogens is 1. The summed E-state index contributed by atoms with van der Waals surface area (Å²) < 4.78 is 10.6. The smallest absolute Gasteiger partial charge is 0.311 e. The van der Waals surface area contributed by atoms with Crippen LogP contribution in [-0.2, 0) is 27.2 Å². The van der Waals surface area contributed by atoms with Gasteiger partial charge in [-0.2, -0.15) is 0 Å². The van der Waals surface area contributed by atoms with E-state index >= 15 is 0 Å². The molecule has 2 aromatic heterocycles. The molecule has 0 aliphatic heterocycles. The Bertz CT molecular complexity index is 1000. The van der Waals surface area contributed by atoms with Crippen LogP contribution in [0, 0.1) is 6.92 Å². The van der Waals surface area contributed by atoms with E-state index in [1.165, 1.54) is 22.5 Å². The summed E-state index contributed by atoms with van der Waals surface area (Å²) in [5.41, 5.74) is 4.65. The fourth-order valence-electron chi connectivity index (χ4n) is 3.15. The molecule has 0 bridgehead atoms. The summed E-state index contributed by atoms with van der Waals surface area (Å²) in [6.07, 6.45) is 1.94. The lowest BCUT2D eigenvalue weighted by Gasteiger charge is -2.09. The van der Waals surface area contributed by atoms with Gasteiger partial charge in [0.1, 0.15) is 5.58 Å². The third-order valence-electron chi connectivity index (χ3n) is 4.44. The van der Waals surface area contributed by atoms with Crippen LogP contribution < -0.4 is 5.32 Å². The highest BCUT2D eigenvalue weighted by molar-refractivity contribution is 7.13. The second-order valence-corrected chi connectivity index (χ2v) is 7.83. The SMILES string of the molecule is CCOC(=O)Cc1csc(NC(=O)Cc2coc3cc(C)c(C(C)C)cc23)n1. The van der Waals surface area contributed by atoms with E-state index in [4.69, 9.17) is 9.15 Å². The van der Waals surface area contributed by atoms with Crippen molar-refractivity contribution in [2.45, 2.75) is 46.5 Å². The number of thiazole rings is 1. The van der Waals surface area contributed by atoms with Crippen LogP contribution in [0.4, 0.5) is 5.13 Å². The number of rotatable bonds is 7. The van der Waals surface area contributed by atoms with E-state index in [1.807, 2.05) is 6.07 Å². The highest BCUT2D eigenvalue weighted by atomic mass is 32.1. The molecule has 0 atom stereocenters. The molecule has 148 valence electrons. The lowest BCUT2D eigenvalue weighted by atomic mass is 9.95. The fraction of sp³-hybridized carbons (Fsp3) is 0.381. The zero-order chi connectivity index (χ0) is 20.3. The Balaban J connectivity index is 1.69. The molecule has 0 saturated carbocycles. The van der Waals surface area contributed by atoms with Crippen molar-refractivity contribution in [3.8, 4) is 0 Å². The average Bonchev–Trinajstić information content (AvgIpc) is 3.21. The number of nitrogens with zero attached hydrogens (tertiary/aromatic N) is 1. The van der Waals surface area contributed by atoms with Crippen LogP contribution in [0.1, 0.15) is 49.1 Å². The molecule has 28 heavy (non-hydrogen) atoms. The first-order valence-electron chi connectivity index (χ1n) is 9.27. The van der Waals surface area contributed by atoms with Crippen LogP contribution >= 0.6 is 11.3 Å². The normalized spacial score (nSPS) is 11.2. The molecule has 0 aliphatic rings. The van der Waals surface area contributed by atoms with Crippen molar-refractivity contribution in [2.24, 2.45) is 0 Å². The Hall–Kier alpha value is -2.67. The minimum Gasteiger partial charge on any atom is -0.466 e. The molecule has 0 radical (unpaired) electrons. The zero-order valence-corrected chi connectivity index (χ0v) is 17.3. The second kappa shape index (κ2) is 8.56. The lowest BCUT2D eigenvalue weighted by Crippen LogP contribution is -2.14. The summed E-state index contributed by atoms with van der Waals surface area (Å²) >= 11 is 1.29. The third kappa shape index (κ3) is 4.59. The first-order chi connectivity index (χ1) is 13.4. The Morgan fingerprint density at radius 2 is 2.07 bits per heavy atom. The quantitative estimate of drug-likeness (QED) is 0.586. The first kappa shape index (κ1) is 20.1. The van der Waals surface area contributed by atoms with Gasteiger partial charge in [-0.15, -0.1) is 11.3 Å². The summed E-state index contributed by atoms with van der Waals surface area (Å²) in [5, 5.41) is 5.97. The Morgan fingerprint density at radius 1 is 1.29 bits per heavy atom. The predicted octanol–water partition coefficient (Wildman–Crippen LogP) is 4.61. The number of furan rings is 1. The number of hydrogen-bond acceptors (Lipinski definition) is 6. The zero-order valence-electron chi connectivity index (χ0n) is 16.5. The predicted molar refractivity (Wildman–Crippen MR) is 110 cm³/mol. The van der Waals surface area contributed by atoms with E-state index in [-0.39, 0.29) is 24.7 Å². The van der Waals surface area contributed by atoms with Gasteiger partial charge in [0.25, 0.3) is 0 Å². The Labute approximate surface area is 167 Å². The topological polar surface area (TPSA) is 81.4 Å². The number of amides is 1. The van der Waals surface area contributed by atoms with E-state index in [0.717, 1.165) is 16.5 Å². The summed E-state index contributed by atoms with van der Waals surface area (Å²) in [4.78, 5) is 28.3. The number of esters is 1. The first-order valence-corrected chi connectivity index (χ1v) is 10.2. The Morgan fingerprint density at radius 3 is 2.79 bits per heavy atom. The minimum atomic E-state index is -0.327. The van der Waals surface area contributed by atoms with E-state index in [2.05, 4.69) is 37.1 Å². The van der Waals surface area contributed by atoms with Crippen molar-refractivity contribution in [1.82, 2.24) is 4.98 Å². The number of nitrogens with one attached hydrogen (secondary N) is 1. The van der Waals surface area contributed by atoms with Crippen molar-refractivity contribution in [3.63, 3.8) is 0 Å². The van der Waals surface area contributed by atoms with E-state index in [9.17, 15) is 9.59 Å². The van der Waals surface area contributed by atoms with Crippen LogP contribution in [0.3, 0.4) is 0 Å². The summed E-state index contributed by atoms with van der Waals surface area (Å²) in [7, 11) is 0. The van der Waals surface area contributed by atoms with Gasteiger partial charge in [-0.1, -0.05) is 13.8 Å². The van der Waals surface area contributed by atoms with E-state index in [1.54, 1.807) is 18.6 Å². The average molecular weight is 401 g/mol. The van der Waals surface area contributed by atoms with Gasteiger partial charge < -0.3 is 14.5 Å². The van der Waals surface area contributed by atoms with Gasteiger partial charge in [0.15, 0.2) is 5.13 Å². The largest absolute Gasteiger partial charge is 0.466 e. The molecule has 0 saturated heterocycles. The summed E-state index contributed by atoms with van der Waals surface area (Å²) in [6.45, 7) is 8.47. The van der Waals surface area contributed by atoms with Crippen LogP contribution in [0.2, 0.25) is 0 Å². The number of anilines is 1. The number of carbonyl (C=O) groups is 2. The molecule has 2 heterocycles. The van der Waals surface area contributed by atoms with Gasteiger partial charge in [0, 0.05) is 16.3 Å². The molecule has 0 spiro atoms. The van der Waals surface area contributed by atoms with Gasteiger partial charge >= 0.3 is 5.97 Å². The maximum absolute atomic E-state index is 12.5. The maximum Gasteiger partial charge on any atom is 0.311 e. The minimum absolute atomic E-state index is 0.101. The fourth-order valence-corrected chi connectivity index (χ4v) is 3.87. The van der Waals surface area contributed by atoms with Gasteiger partial charge in [0.2, 0.25) is 5.91 Å². The molecular weight excluding hydrogens is 376 g/mol. The molecule has 7 heteroatoms.